The Morgan fingerprint density at radius 1 is 1.50 bits per heavy atom. The van der Waals surface area contributed by atoms with E-state index in [9.17, 15) is 5.11 Å². The third-order valence-electron chi connectivity index (χ3n) is 4.15. The summed E-state index contributed by atoms with van der Waals surface area (Å²) in [7, 11) is 0. The number of aliphatic hydroxyl groups is 1. The minimum Gasteiger partial charge on any atom is -0.397 e. The number of rotatable bonds is 2. The van der Waals surface area contributed by atoms with E-state index in [0.29, 0.717) is 54.1 Å². The molecule has 2 fully saturated rings. The molecule has 1 unspecified atom stereocenters. The lowest BCUT2D eigenvalue weighted by Crippen LogP contribution is -2.49. The number of anilines is 1. The van der Waals surface area contributed by atoms with Gasteiger partial charge in [0.05, 0.1) is 41.6 Å². The summed E-state index contributed by atoms with van der Waals surface area (Å²) in [4.78, 5) is 2.20. The largest absolute Gasteiger partial charge is 0.397 e. The average molecular weight is 294 g/mol. The number of halogens is 1. The van der Waals surface area contributed by atoms with E-state index in [2.05, 4.69) is 4.90 Å². The quantitative estimate of drug-likeness (QED) is 0.798. The van der Waals surface area contributed by atoms with Crippen LogP contribution in [-0.2, 0) is 10.3 Å². The van der Waals surface area contributed by atoms with Gasteiger partial charge in [0, 0.05) is 18.7 Å². The van der Waals surface area contributed by atoms with E-state index in [1.165, 1.54) is 6.07 Å². The summed E-state index contributed by atoms with van der Waals surface area (Å²) in [6.07, 6.45) is 0.581. The van der Waals surface area contributed by atoms with E-state index < -0.39 is 5.60 Å². The number of ether oxygens (including phenoxy) is 1. The first kappa shape index (κ1) is 13.7. The van der Waals surface area contributed by atoms with Gasteiger partial charge in [0.25, 0.3) is 0 Å². The van der Waals surface area contributed by atoms with Crippen LogP contribution >= 0.6 is 11.6 Å². The van der Waals surface area contributed by atoms with Crippen molar-refractivity contribution in [2.45, 2.75) is 18.1 Å². The van der Waals surface area contributed by atoms with Crippen LogP contribution in [0.4, 0.5) is 5.69 Å². The molecular formula is C14H16ClN3O2. The smallest absolute Gasteiger partial charge is 0.105 e. The number of nitrogens with two attached hydrogens (primary N) is 1. The van der Waals surface area contributed by atoms with Gasteiger partial charge in [0.15, 0.2) is 0 Å². The molecule has 0 saturated carbocycles. The molecule has 0 spiro atoms. The third kappa shape index (κ3) is 2.15. The molecule has 2 saturated heterocycles. The summed E-state index contributed by atoms with van der Waals surface area (Å²) >= 11 is 6.23. The minimum absolute atomic E-state index is 0.333. The van der Waals surface area contributed by atoms with Gasteiger partial charge in [0.1, 0.15) is 5.60 Å². The Labute approximate surface area is 122 Å². The fourth-order valence-corrected chi connectivity index (χ4v) is 3.12. The van der Waals surface area contributed by atoms with E-state index in [-0.39, 0.29) is 0 Å². The predicted molar refractivity (Wildman–Crippen MR) is 75.3 cm³/mol. The fraction of sp³-hybridized carbons (Fsp3) is 0.500. The lowest BCUT2D eigenvalue weighted by atomic mass is 9.91. The van der Waals surface area contributed by atoms with Crippen molar-refractivity contribution in [1.82, 2.24) is 4.90 Å². The van der Waals surface area contributed by atoms with Crippen molar-refractivity contribution < 1.29 is 9.84 Å². The van der Waals surface area contributed by atoms with Gasteiger partial charge in [-0.15, -0.1) is 0 Å². The van der Waals surface area contributed by atoms with Crippen molar-refractivity contribution in [3.63, 3.8) is 0 Å². The lowest BCUT2D eigenvalue weighted by Gasteiger charge is -2.35. The molecule has 2 aliphatic heterocycles. The van der Waals surface area contributed by atoms with Crippen LogP contribution in [0.15, 0.2) is 12.1 Å². The highest BCUT2D eigenvalue weighted by Gasteiger charge is 2.43. The van der Waals surface area contributed by atoms with Crippen LogP contribution < -0.4 is 5.73 Å². The Kier molecular flexibility index (Phi) is 3.35. The summed E-state index contributed by atoms with van der Waals surface area (Å²) in [5.74, 6) is 0. The molecule has 0 aromatic heterocycles. The van der Waals surface area contributed by atoms with E-state index in [1.54, 1.807) is 6.07 Å². The Morgan fingerprint density at radius 3 is 2.85 bits per heavy atom. The Balaban J connectivity index is 1.92. The zero-order valence-electron chi connectivity index (χ0n) is 11.0. The molecule has 2 aliphatic rings. The molecule has 106 valence electrons. The molecule has 1 aromatic rings. The molecule has 2 heterocycles. The Hall–Kier alpha value is -1.32. The second-order valence-electron chi connectivity index (χ2n) is 5.48. The van der Waals surface area contributed by atoms with Crippen LogP contribution in [0.1, 0.15) is 17.5 Å². The highest BCUT2D eigenvalue weighted by molar-refractivity contribution is 6.34. The number of β-amino-alcohol motifs (C(OH)–C–C–N with tert-alkyl or cyclic N) is 1. The van der Waals surface area contributed by atoms with Crippen molar-refractivity contribution in [3.05, 3.63) is 28.3 Å². The maximum absolute atomic E-state index is 10.9. The molecule has 3 N–H and O–H groups in total. The standard InChI is InChI=1S/C14H16ClN3O2/c15-13-11(3-9(5-16)4-12(13)17)14(19)1-2-18(8-14)10-6-20-7-10/h3-4,10,19H,1-2,6-8,17H2. The summed E-state index contributed by atoms with van der Waals surface area (Å²) < 4.78 is 5.19. The van der Waals surface area contributed by atoms with Gasteiger partial charge < -0.3 is 15.6 Å². The highest BCUT2D eigenvalue weighted by atomic mass is 35.5. The van der Waals surface area contributed by atoms with Crippen molar-refractivity contribution in [2.75, 3.05) is 32.0 Å². The Morgan fingerprint density at radius 2 is 2.25 bits per heavy atom. The van der Waals surface area contributed by atoms with Crippen molar-refractivity contribution in [1.29, 1.82) is 5.26 Å². The molecule has 1 atom stereocenters. The number of benzene rings is 1. The zero-order valence-corrected chi connectivity index (χ0v) is 11.7. The molecule has 20 heavy (non-hydrogen) atoms. The molecule has 0 bridgehead atoms. The Bertz CT molecular complexity index is 583. The van der Waals surface area contributed by atoms with Gasteiger partial charge in [-0.2, -0.15) is 5.26 Å². The zero-order chi connectivity index (χ0) is 14.3. The number of hydrogen-bond donors (Lipinski definition) is 2. The van der Waals surface area contributed by atoms with Crippen LogP contribution in [0, 0.1) is 11.3 Å². The van der Waals surface area contributed by atoms with Crippen LogP contribution in [0.25, 0.3) is 0 Å². The normalized spacial score (nSPS) is 27.2. The maximum atomic E-state index is 10.9. The van der Waals surface area contributed by atoms with Crippen molar-refractivity contribution in [3.8, 4) is 6.07 Å². The maximum Gasteiger partial charge on any atom is 0.105 e. The average Bonchev–Trinajstić information content (AvgIpc) is 2.73. The third-order valence-corrected chi connectivity index (χ3v) is 4.57. The van der Waals surface area contributed by atoms with Crippen LogP contribution in [0.2, 0.25) is 5.02 Å². The van der Waals surface area contributed by atoms with Crippen LogP contribution in [0.3, 0.4) is 0 Å². The van der Waals surface area contributed by atoms with Gasteiger partial charge in [0.2, 0.25) is 0 Å². The number of nitrogens with zero attached hydrogens (tertiary/aromatic N) is 2. The number of hydrogen-bond acceptors (Lipinski definition) is 5. The van der Waals surface area contributed by atoms with Crippen molar-refractivity contribution in [2.24, 2.45) is 0 Å². The van der Waals surface area contributed by atoms with E-state index in [1.807, 2.05) is 6.07 Å². The van der Waals surface area contributed by atoms with E-state index in [0.717, 1.165) is 6.54 Å². The molecule has 0 radical (unpaired) electrons. The second kappa shape index (κ2) is 4.90. The molecule has 1 aromatic carbocycles. The van der Waals surface area contributed by atoms with Crippen LogP contribution in [0.5, 0.6) is 0 Å². The summed E-state index contributed by atoms with van der Waals surface area (Å²) in [5, 5.41) is 20.3. The SMILES string of the molecule is N#Cc1cc(N)c(Cl)c(C2(O)CCN(C3COC3)C2)c1. The van der Waals surface area contributed by atoms with Gasteiger partial charge in [-0.1, -0.05) is 11.6 Å². The van der Waals surface area contributed by atoms with Gasteiger partial charge >= 0.3 is 0 Å². The molecule has 6 heteroatoms. The van der Waals surface area contributed by atoms with Gasteiger partial charge in [-0.05, 0) is 18.6 Å². The summed E-state index contributed by atoms with van der Waals surface area (Å²) in [6, 6.07) is 5.59. The minimum atomic E-state index is -1.05. The first-order chi connectivity index (χ1) is 9.53. The fourth-order valence-electron chi connectivity index (χ4n) is 2.84. The first-order valence-corrected chi connectivity index (χ1v) is 6.95. The van der Waals surface area contributed by atoms with E-state index >= 15 is 0 Å². The molecule has 0 amide bonds. The summed E-state index contributed by atoms with van der Waals surface area (Å²) in [6.45, 7) is 2.71. The molecule has 0 aliphatic carbocycles. The lowest BCUT2D eigenvalue weighted by molar-refractivity contribution is -0.0665. The first-order valence-electron chi connectivity index (χ1n) is 6.57. The number of nitrogen functional groups attached to an aromatic ring is 1. The number of nitriles is 1. The molecule has 3 rings (SSSR count). The summed E-state index contributed by atoms with van der Waals surface area (Å²) in [5.41, 5.74) is 6.08. The highest BCUT2D eigenvalue weighted by Crippen LogP contribution is 2.40. The molecular weight excluding hydrogens is 278 g/mol. The second-order valence-corrected chi connectivity index (χ2v) is 5.86. The van der Waals surface area contributed by atoms with E-state index in [4.69, 9.17) is 27.3 Å². The van der Waals surface area contributed by atoms with Gasteiger partial charge in [-0.25, -0.2) is 0 Å². The topological polar surface area (TPSA) is 82.5 Å². The predicted octanol–water partition coefficient (Wildman–Crippen LogP) is 1.09. The van der Waals surface area contributed by atoms with Crippen molar-refractivity contribution >= 4 is 17.3 Å². The molecule has 5 nitrogen and oxygen atoms in total. The van der Waals surface area contributed by atoms with Crippen LogP contribution in [-0.4, -0.2) is 42.4 Å². The van der Waals surface area contributed by atoms with Gasteiger partial charge in [-0.3, -0.25) is 4.90 Å². The monoisotopic (exact) mass is 293 g/mol. The number of likely N-dealkylation sites (tertiary alicyclic amines) is 1.